The normalized spacial score (nSPS) is 24.6. The van der Waals surface area contributed by atoms with Crippen LogP contribution >= 0.6 is 0 Å². The largest absolute Gasteiger partial charge is 0.396 e. The van der Waals surface area contributed by atoms with E-state index < -0.39 is 11.2 Å². The zero-order valence-corrected chi connectivity index (χ0v) is 14.1. The molecule has 1 aromatic heterocycles. The lowest BCUT2D eigenvalue weighted by molar-refractivity contribution is -0.129. The van der Waals surface area contributed by atoms with Crippen molar-refractivity contribution < 1.29 is 14.6 Å². The predicted octanol–water partition coefficient (Wildman–Crippen LogP) is -2.00. The lowest BCUT2D eigenvalue weighted by Crippen LogP contribution is -2.41. The van der Waals surface area contributed by atoms with E-state index in [0.717, 1.165) is 19.6 Å². The van der Waals surface area contributed by atoms with Gasteiger partial charge in [0.1, 0.15) is 0 Å². The summed E-state index contributed by atoms with van der Waals surface area (Å²) in [6, 6.07) is 0. The van der Waals surface area contributed by atoms with Crippen LogP contribution in [0.25, 0.3) is 0 Å². The number of nitrogens with zero attached hydrogens (tertiary/aromatic N) is 2. The van der Waals surface area contributed by atoms with Crippen LogP contribution in [0.5, 0.6) is 0 Å². The number of hydrogen-bond acceptors (Lipinski definition) is 6. The van der Waals surface area contributed by atoms with Gasteiger partial charge in [0.25, 0.3) is 5.56 Å². The summed E-state index contributed by atoms with van der Waals surface area (Å²) in [6.45, 7) is 5.11. The molecular weight excluding hydrogens is 328 g/mol. The van der Waals surface area contributed by atoms with Crippen LogP contribution < -0.4 is 11.2 Å². The molecule has 2 aliphatic rings. The summed E-state index contributed by atoms with van der Waals surface area (Å²) in [7, 11) is 0. The number of aromatic amines is 2. The molecular formula is C16H24N4O5. The highest BCUT2D eigenvalue weighted by molar-refractivity contribution is 5.78. The summed E-state index contributed by atoms with van der Waals surface area (Å²) < 4.78 is 5.35. The summed E-state index contributed by atoms with van der Waals surface area (Å²) in [5.41, 5.74) is -0.894. The van der Waals surface area contributed by atoms with Crippen molar-refractivity contribution in [2.24, 2.45) is 11.8 Å². The Balaban J connectivity index is 1.61. The van der Waals surface area contributed by atoms with Crippen LogP contribution in [0, 0.1) is 11.8 Å². The summed E-state index contributed by atoms with van der Waals surface area (Å²) in [5.74, 6) is 0.0852. The molecule has 0 unspecified atom stereocenters. The van der Waals surface area contributed by atoms with E-state index >= 15 is 0 Å². The number of likely N-dealkylation sites (tertiary alicyclic amines) is 1. The lowest BCUT2D eigenvalue weighted by atomic mass is 9.96. The molecule has 2 aliphatic heterocycles. The van der Waals surface area contributed by atoms with Crippen molar-refractivity contribution in [1.29, 1.82) is 0 Å². The van der Waals surface area contributed by atoms with Crippen LogP contribution in [0.2, 0.25) is 0 Å². The number of carbonyl (C=O) groups excluding carboxylic acids is 1. The average molecular weight is 352 g/mol. The van der Waals surface area contributed by atoms with Gasteiger partial charge in [-0.1, -0.05) is 0 Å². The van der Waals surface area contributed by atoms with Crippen molar-refractivity contribution in [3.05, 3.63) is 32.6 Å². The Hall–Kier alpha value is -1.97. The number of aromatic nitrogens is 2. The van der Waals surface area contributed by atoms with E-state index in [1.54, 1.807) is 4.90 Å². The zero-order chi connectivity index (χ0) is 17.8. The number of carbonyl (C=O) groups is 1. The van der Waals surface area contributed by atoms with Crippen molar-refractivity contribution >= 4 is 5.91 Å². The first-order chi connectivity index (χ1) is 12.1. The zero-order valence-electron chi connectivity index (χ0n) is 14.1. The van der Waals surface area contributed by atoms with Crippen molar-refractivity contribution in [3.8, 4) is 0 Å². The number of hydrogen-bond donors (Lipinski definition) is 3. The van der Waals surface area contributed by atoms with Gasteiger partial charge in [-0.25, -0.2) is 4.79 Å². The number of ether oxygens (including phenoxy) is 1. The highest BCUT2D eigenvalue weighted by Gasteiger charge is 2.36. The van der Waals surface area contributed by atoms with Crippen LogP contribution in [-0.2, 0) is 16.0 Å². The first-order valence-corrected chi connectivity index (χ1v) is 8.56. The molecule has 2 fully saturated rings. The molecule has 1 amide bonds. The Kier molecular flexibility index (Phi) is 5.67. The molecule has 0 spiro atoms. The second-order valence-electron chi connectivity index (χ2n) is 6.69. The van der Waals surface area contributed by atoms with Crippen molar-refractivity contribution in [1.82, 2.24) is 19.8 Å². The third kappa shape index (κ3) is 4.36. The maximum atomic E-state index is 12.5. The molecule has 2 saturated heterocycles. The van der Waals surface area contributed by atoms with E-state index in [2.05, 4.69) is 14.9 Å². The lowest BCUT2D eigenvalue weighted by Gasteiger charge is -2.30. The van der Waals surface area contributed by atoms with Gasteiger partial charge >= 0.3 is 5.69 Å². The van der Waals surface area contributed by atoms with Gasteiger partial charge in [-0.15, -0.1) is 0 Å². The van der Waals surface area contributed by atoms with Crippen molar-refractivity contribution in [2.75, 3.05) is 52.5 Å². The number of amides is 1. The first kappa shape index (κ1) is 17.8. The third-order valence-electron chi connectivity index (χ3n) is 5.00. The Morgan fingerprint density at radius 2 is 1.96 bits per heavy atom. The fourth-order valence-electron chi connectivity index (χ4n) is 3.52. The minimum atomic E-state index is -0.590. The average Bonchev–Trinajstić information content (AvgIpc) is 3.01. The van der Waals surface area contributed by atoms with Gasteiger partial charge in [0, 0.05) is 57.0 Å². The molecule has 2 atom stereocenters. The summed E-state index contributed by atoms with van der Waals surface area (Å²) in [5, 5.41) is 9.65. The molecule has 0 aliphatic carbocycles. The molecule has 1 aromatic rings. The maximum absolute atomic E-state index is 12.5. The molecule has 25 heavy (non-hydrogen) atoms. The molecule has 0 bridgehead atoms. The topological polar surface area (TPSA) is 119 Å². The molecule has 9 nitrogen and oxygen atoms in total. The first-order valence-electron chi connectivity index (χ1n) is 8.56. The van der Waals surface area contributed by atoms with E-state index in [1.165, 1.54) is 6.20 Å². The van der Waals surface area contributed by atoms with Gasteiger partial charge in [-0.3, -0.25) is 19.5 Å². The number of aliphatic hydroxyl groups is 1. The Labute approximate surface area is 144 Å². The van der Waals surface area contributed by atoms with Crippen LogP contribution in [-0.4, -0.2) is 83.3 Å². The molecule has 0 radical (unpaired) electrons. The van der Waals surface area contributed by atoms with Gasteiger partial charge in [-0.05, 0) is 5.92 Å². The van der Waals surface area contributed by atoms with Crippen LogP contribution in [0.15, 0.2) is 15.8 Å². The van der Waals surface area contributed by atoms with Crippen molar-refractivity contribution in [3.63, 3.8) is 0 Å². The highest BCUT2D eigenvalue weighted by atomic mass is 16.5. The molecule has 3 N–H and O–H groups in total. The minimum absolute atomic E-state index is 0.0397. The predicted molar refractivity (Wildman–Crippen MR) is 89.3 cm³/mol. The molecule has 3 heterocycles. The van der Waals surface area contributed by atoms with E-state index in [0.29, 0.717) is 26.3 Å². The van der Waals surface area contributed by atoms with Gasteiger partial charge in [0.15, 0.2) is 0 Å². The summed E-state index contributed by atoms with van der Waals surface area (Å²) >= 11 is 0. The van der Waals surface area contributed by atoms with Crippen LogP contribution in [0.4, 0.5) is 0 Å². The van der Waals surface area contributed by atoms with Crippen LogP contribution in [0.1, 0.15) is 5.56 Å². The molecule has 0 saturated carbocycles. The van der Waals surface area contributed by atoms with Gasteiger partial charge in [-0.2, -0.15) is 0 Å². The molecule has 3 rings (SSSR count). The molecule has 0 aromatic carbocycles. The van der Waals surface area contributed by atoms with E-state index in [-0.39, 0.29) is 36.3 Å². The van der Waals surface area contributed by atoms with Gasteiger partial charge in [0.2, 0.25) is 5.91 Å². The number of H-pyrrole nitrogens is 2. The minimum Gasteiger partial charge on any atom is -0.396 e. The second-order valence-corrected chi connectivity index (χ2v) is 6.69. The number of aliphatic hydroxyl groups excluding tert-OH is 1. The van der Waals surface area contributed by atoms with Gasteiger partial charge in [0.05, 0.1) is 19.6 Å². The van der Waals surface area contributed by atoms with Crippen molar-refractivity contribution in [2.45, 2.75) is 6.42 Å². The number of morpholine rings is 1. The van der Waals surface area contributed by atoms with E-state index in [4.69, 9.17) is 4.74 Å². The smallest absolute Gasteiger partial charge is 0.325 e. The Morgan fingerprint density at radius 3 is 2.64 bits per heavy atom. The Bertz CT molecular complexity index is 709. The fraction of sp³-hybridized carbons (Fsp3) is 0.688. The van der Waals surface area contributed by atoms with E-state index in [1.807, 2.05) is 0 Å². The van der Waals surface area contributed by atoms with Gasteiger partial charge < -0.3 is 19.7 Å². The number of nitrogens with one attached hydrogen (secondary N) is 2. The SMILES string of the molecule is O=C(Cc1c[nH]c(=O)[nH]c1=O)N1C[C@@H](CN2CCOCC2)[C@@H](CO)C1. The monoisotopic (exact) mass is 352 g/mol. The Morgan fingerprint density at radius 1 is 1.24 bits per heavy atom. The summed E-state index contributed by atoms with van der Waals surface area (Å²) in [6.07, 6.45) is 1.22. The fourth-order valence-corrected chi connectivity index (χ4v) is 3.52. The maximum Gasteiger partial charge on any atom is 0.325 e. The molecule has 138 valence electrons. The summed E-state index contributed by atoms with van der Waals surface area (Å²) in [4.78, 5) is 43.8. The quantitative estimate of drug-likeness (QED) is 0.564. The van der Waals surface area contributed by atoms with Crippen LogP contribution in [0.3, 0.4) is 0 Å². The second kappa shape index (κ2) is 7.94. The third-order valence-corrected chi connectivity index (χ3v) is 5.00. The standard InChI is InChI=1S/C16H24N4O5/c21-10-13-9-20(8-12(13)7-19-1-3-25-4-2-19)14(22)5-11-6-17-16(24)18-15(11)23/h6,12-13,21H,1-5,7-10H2,(H2,17,18,23,24)/t12-,13-/m1/s1. The van der Waals surface area contributed by atoms with E-state index in [9.17, 15) is 19.5 Å². The molecule has 9 heteroatoms. The highest BCUT2D eigenvalue weighted by Crippen LogP contribution is 2.25. The number of rotatable bonds is 5.